The van der Waals surface area contributed by atoms with Crippen LogP contribution >= 0.6 is 0 Å². The number of Topliss-reactive ketones (excluding diaryl/α,β-unsaturated/α-hetero) is 1. The normalized spacial score (nSPS) is 28.7. The summed E-state index contributed by atoms with van der Waals surface area (Å²) < 4.78 is 5.32. The van der Waals surface area contributed by atoms with E-state index in [1.807, 2.05) is 24.3 Å². The molecule has 1 unspecified atom stereocenters. The van der Waals surface area contributed by atoms with E-state index in [2.05, 4.69) is 22.5 Å². The molecule has 3 fully saturated rings. The first-order valence-corrected chi connectivity index (χ1v) is 8.55. The molecule has 0 aliphatic carbocycles. The molecule has 4 atom stereocenters. The average Bonchev–Trinajstić information content (AvgIpc) is 2.66. The highest BCUT2D eigenvalue weighted by molar-refractivity contribution is 6.10. The maximum atomic E-state index is 13.3. The predicted molar refractivity (Wildman–Crippen MR) is 94.4 cm³/mol. The maximum Gasteiger partial charge on any atom is 0.180 e. The van der Waals surface area contributed by atoms with Crippen LogP contribution in [0.25, 0.3) is 10.9 Å². The van der Waals surface area contributed by atoms with Crippen LogP contribution in [0.15, 0.2) is 43.1 Å². The van der Waals surface area contributed by atoms with Crippen LogP contribution < -0.4 is 4.74 Å². The number of rotatable bonds is 4. The quantitative estimate of drug-likeness (QED) is 0.640. The monoisotopic (exact) mass is 322 g/mol. The Bertz CT molecular complexity index is 801. The molecule has 5 rings (SSSR count). The van der Waals surface area contributed by atoms with Crippen molar-refractivity contribution in [1.29, 1.82) is 0 Å². The van der Waals surface area contributed by atoms with Crippen molar-refractivity contribution in [2.24, 2.45) is 11.8 Å². The van der Waals surface area contributed by atoms with Gasteiger partial charge in [0, 0.05) is 23.7 Å². The maximum absolute atomic E-state index is 13.3. The Balaban J connectivity index is 1.70. The van der Waals surface area contributed by atoms with E-state index in [0.717, 1.165) is 41.7 Å². The van der Waals surface area contributed by atoms with Gasteiger partial charge in [0.1, 0.15) is 5.75 Å². The van der Waals surface area contributed by atoms with Gasteiger partial charge in [0.15, 0.2) is 5.78 Å². The Morgan fingerprint density at radius 1 is 1.42 bits per heavy atom. The molecule has 3 aliphatic rings. The summed E-state index contributed by atoms with van der Waals surface area (Å²) in [4.78, 5) is 20.0. The molecule has 124 valence electrons. The SMILES string of the molecule is C=C[C@H]1CN2CC[C@@H]1C[C@H]2C(=O)c1ccnc2ccc(OC)cc12. The van der Waals surface area contributed by atoms with Gasteiger partial charge in [0.05, 0.1) is 18.7 Å². The smallest absolute Gasteiger partial charge is 0.180 e. The first-order chi connectivity index (χ1) is 11.7. The minimum absolute atomic E-state index is 0.0169. The van der Waals surface area contributed by atoms with E-state index in [4.69, 9.17) is 4.74 Å². The molecule has 1 aromatic carbocycles. The number of ketones is 1. The Kier molecular flexibility index (Phi) is 3.85. The van der Waals surface area contributed by atoms with E-state index in [1.54, 1.807) is 13.3 Å². The fraction of sp³-hybridized carbons (Fsp3) is 0.400. The number of pyridine rings is 1. The number of carbonyl (C=O) groups excluding carboxylic acids is 1. The third-order valence-electron chi connectivity index (χ3n) is 5.62. The van der Waals surface area contributed by atoms with Gasteiger partial charge in [-0.1, -0.05) is 6.08 Å². The average molecular weight is 322 g/mol. The van der Waals surface area contributed by atoms with Gasteiger partial charge >= 0.3 is 0 Å². The number of carbonyl (C=O) groups is 1. The van der Waals surface area contributed by atoms with Crippen LogP contribution in [0, 0.1) is 11.8 Å². The van der Waals surface area contributed by atoms with Gasteiger partial charge in [-0.3, -0.25) is 14.7 Å². The number of hydrogen-bond acceptors (Lipinski definition) is 4. The zero-order chi connectivity index (χ0) is 16.7. The van der Waals surface area contributed by atoms with Crippen molar-refractivity contribution in [3.8, 4) is 5.75 Å². The summed E-state index contributed by atoms with van der Waals surface area (Å²) >= 11 is 0. The van der Waals surface area contributed by atoms with Crippen molar-refractivity contribution in [1.82, 2.24) is 9.88 Å². The molecule has 0 radical (unpaired) electrons. The Morgan fingerprint density at radius 2 is 2.29 bits per heavy atom. The Hall–Kier alpha value is -2.20. The number of methoxy groups -OCH3 is 1. The second-order valence-corrected chi connectivity index (χ2v) is 6.80. The molecular formula is C20H22N2O2. The van der Waals surface area contributed by atoms with Crippen molar-refractivity contribution >= 4 is 16.7 Å². The number of hydrogen-bond donors (Lipinski definition) is 0. The van der Waals surface area contributed by atoms with E-state index < -0.39 is 0 Å². The molecule has 3 aliphatic heterocycles. The van der Waals surface area contributed by atoms with Crippen molar-refractivity contribution in [3.63, 3.8) is 0 Å². The molecule has 0 saturated carbocycles. The topological polar surface area (TPSA) is 42.4 Å². The number of fused-ring (bicyclic) bond motifs is 4. The number of ether oxygens (including phenoxy) is 1. The number of benzene rings is 1. The van der Waals surface area contributed by atoms with E-state index in [1.165, 1.54) is 6.42 Å². The number of piperidine rings is 3. The highest BCUT2D eigenvalue weighted by atomic mass is 16.5. The molecule has 4 heteroatoms. The standard InChI is InChI=1S/C20H22N2O2/c1-3-13-12-22-9-7-14(13)10-19(22)20(23)16-6-8-21-18-5-4-15(24-2)11-17(16)18/h3-6,8,11,13-14,19H,1,7,9-10,12H2,2H3/t13-,14+,19-/m0/s1. The van der Waals surface area contributed by atoms with E-state index in [-0.39, 0.29) is 11.8 Å². The van der Waals surface area contributed by atoms with E-state index in [0.29, 0.717) is 11.8 Å². The molecule has 0 N–H and O–H groups in total. The third-order valence-corrected chi connectivity index (χ3v) is 5.62. The van der Waals surface area contributed by atoms with Crippen molar-refractivity contribution < 1.29 is 9.53 Å². The molecule has 3 saturated heterocycles. The zero-order valence-corrected chi connectivity index (χ0v) is 13.9. The van der Waals surface area contributed by atoms with Crippen LogP contribution in [0.5, 0.6) is 5.75 Å². The fourth-order valence-corrected chi connectivity index (χ4v) is 4.25. The minimum Gasteiger partial charge on any atom is -0.497 e. The summed E-state index contributed by atoms with van der Waals surface area (Å²) in [6.45, 7) is 5.92. The zero-order valence-electron chi connectivity index (χ0n) is 13.9. The van der Waals surface area contributed by atoms with Gasteiger partial charge in [0.25, 0.3) is 0 Å². The van der Waals surface area contributed by atoms with Gasteiger partial charge in [-0.25, -0.2) is 0 Å². The van der Waals surface area contributed by atoms with Crippen LogP contribution in [-0.2, 0) is 0 Å². The van der Waals surface area contributed by atoms with Crippen molar-refractivity contribution in [2.45, 2.75) is 18.9 Å². The van der Waals surface area contributed by atoms with Crippen molar-refractivity contribution in [3.05, 3.63) is 48.7 Å². The lowest BCUT2D eigenvalue weighted by atomic mass is 9.74. The van der Waals surface area contributed by atoms with Gasteiger partial charge in [0.2, 0.25) is 0 Å². The van der Waals surface area contributed by atoms with Crippen LogP contribution in [0.2, 0.25) is 0 Å². The lowest BCUT2D eigenvalue weighted by Crippen LogP contribution is -2.55. The summed E-state index contributed by atoms with van der Waals surface area (Å²) in [6, 6.07) is 7.53. The largest absolute Gasteiger partial charge is 0.497 e. The molecule has 2 bridgehead atoms. The second kappa shape index (κ2) is 6.02. The number of nitrogens with zero attached hydrogens (tertiary/aromatic N) is 2. The molecule has 1 aromatic heterocycles. The highest BCUT2D eigenvalue weighted by Gasteiger charge is 2.42. The van der Waals surface area contributed by atoms with Gasteiger partial charge < -0.3 is 4.74 Å². The van der Waals surface area contributed by atoms with Crippen LogP contribution in [0.4, 0.5) is 0 Å². The first kappa shape index (κ1) is 15.3. The summed E-state index contributed by atoms with van der Waals surface area (Å²) in [5.74, 6) is 2.07. The summed E-state index contributed by atoms with van der Waals surface area (Å²) in [6.07, 6.45) is 5.89. The van der Waals surface area contributed by atoms with E-state index >= 15 is 0 Å². The van der Waals surface area contributed by atoms with Gasteiger partial charge in [-0.05, 0) is 55.5 Å². The summed E-state index contributed by atoms with van der Waals surface area (Å²) in [5, 5.41) is 0.879. The third kappa shape index (κ3) is 2.42. The van der Waals surface area contributed by atoms with Gasteiger partial charge in [-0.2, -0.15) is 0 Å². The van der Waals surface area contributed by atoms with Crippen LogP contribution in [0.1, 0.15) is 23.2 Å². The van der Waals surface area contributed by atoms with Crippen LogP contribution in [-0.4, -0.2) is 41.9 Å². The van der Waals surface area contributed by atoms with Crippen LogP contribution in [0.3, 0.4) is 0 Å². The molecule has 4 nitrogen and oxygen atoms in total. The van der Waals surface area contributed by atoms with E-state index in [9.17, 15) is 4.79 Å². The minimum atomic E-state index is -0.0169. The molecule has 2 aromatic rings. The van der Waals surface area contributed by atoms with Gasteiger partial charge in [-0.15, -0.1) is 6.58 Å². The lowest BCUT2D eigenvalue weighted by Gasteiger charge is -2.48. The lowest BCUT2D eigenvalue weighted by molar-refractivity contribution is 0.0205. The molecule has 24 heavy (non-hydrogen) atoms. The predicted octanol–water partition coefficient (Wildman–Crippen LogP) is 3.32. The molecular weight excluding hydrogens is 300 g/mol. The van der Waals surface area contributed by atoms with Crippen molar-refractivity contribution in [2.75, 3.05) is 20.2 Å². The molecule has 4 heterocycles. The fourth-order valence-electron chi connectivity index (χ4n) is 4.25. The Morgan fingerprint density at radius 3 is 3.00 bits per heavy atom. The highest BCUT2D eigenvalue weighted by Crippen LogP contribution is 2.38. The molecule has 0 spiro atoms. The first-order valence-electron chi connectivity index (χ1n) is 8.55. The summed E-state index contributed by atoms with van der Waals surface area (Å²) in [7, 11) is 1.64. The summed E-state index contributed by atoms with van der Waals surface area (Å²) in [5.41, 5.74) is 1.59. The second-order valence-electron chi connectivity index (χ2n) is 6.80. The molecule has 0 amide bonds. The Labute approximate surface area is 142 Å². The number of aromatic nitrogens is 1.